The normalized spacial score (nSPS) is 10.2. The third-order valence-corrected chi connectivity index (χ3v) is 2.05. The van der Waals surface area contributed by atoms with Gasteiger partial charge in [-0.25, -0.2) is 9.59 Å². The minimum atomic E-state index is -1.06. The Kier molecular flexibility index (Phi) is 2.55. The van der Waals surface area contributed by atoms with Crippen molar-refractivity contribution in [1.29, 1.82) is 0 Å². The van der Waals surface area contributed by atoms with Crippen LogP contribution >= 0.6 is 0 Å². The molecule has 16 heavy (non-hydrogen) atoms. The van der Waals surface area contributed by atoms with Crippen LogP contribution in [0.1, 0.15) is 0 Å². The number of rotatable bonds is 3. The third-order valence-electron chi connectivity index (χ3n) is 2.05. The van der Waals surface area contributed by atoms with E-state index >= 15 is 0 Å². The molecular formula is C10H9N2O4+. The van der Waals surface area contributed by atoms with Gasteiger partial charge in [-0.1, -0.05) is 22.9 Å². The largest absolute Gasteiger partial charge is 0.476 e. The number of aliphatic carboxylic acids is 1. The minimum Gasteiger partial charge on any atom is -0.476 e. The first-order chi connectivity index (χ1) is 7.68. The highest BCUT2D eigenvalue weighted by atomic mass is 16.5. The van der Waals surface area contributed by atoms with Crippen molar-refractivity contribution < 1.29 is 19.1 Å². The highest BCUT2D eigenvalue weighted by molar-refractivity contribution is 5.65. The van der Waals surface area contributed by atoms with Gasteiger partial charge in [-0.2, -0.15) is 0 Å². The van der Waals surface area contributed by atoms with Gasteiger partial charge in [0.15, 0.2) is 0 Å². The maximum Gasteiger partial charge on any atom is 0.435 e. The molecule has 0 aliphatic carbocycles. The first-order valence-electron chi connectivity index (χ1n) is 4.57. The number of carbonyl (C=O) groups is 1. The molecule has 6 nitrogen and oxygen atoms in total. The van der Waals surface area contributed by atoms with E-state index in [2.05, 4.69) is 9.79 Å². The van der Waals surface area contributed by atoms with Crippen molar-refractivity contribution in [2.75, 3.05) is 0 Å². The molecule has 0 spiro atoms. The molecule has 82 valence electrons. The summed E-state index contributed by atoms with van der Waals surface area (Å²) in [6, 6.07) is 8.73. The number of benzene rings is 1. The van der Waals surface area contributed by atoms with E-state index in [-0.39, 0.29) is 12.2 Å². The number of hydrogen-bond donors (Lipinski definition) is 2. The van der Waals surface area contributed by atoms with Gasteiger partial charge >= 0.3 is 17.3 Å². The first kappa shape index (κ1) is 10.2. The lowest BCUT2D eigenvalue weighted by molar-refractivity contribution is -0.742. The standard InChI is InChI=1S/C10H8N2O4/c13-8(14)6-12-9(10(15)16-11-12)7-4-2-1-3-5-7/h1-5H,6H2,(H-,11,13,14,15)/p+1. The van der Waals surface area contributed by atoms with Crippen LogP contribution in [0.15, 0.2) is 39.6 Å². The van der Waals surface area contributed by atoms with Gasteiger partial charge in [0.25, 0.3) is 6.54 Å². The Bertz CT molecular complexity index is 556. The van der Waals surface area contributed by atoms with Crippen molar-refractivity contribution in [3.8, 4) is 11.3 Å². The van der Waals surface area contributed by atoms with Crippen molar-refractivity contribution >= 4 is 5.97 Å². The minimum absolute atomic E-state index is 0.197. The van der Waals surface area contributed by atoms with Crippen molar-refractivity contribution in [3.63, 3.8) is 0 Å². The Balaban J connectivity index is 2.52. The highest BCUT2D eigenvalue weighted by Gasteiger charge is 2.24. The second-order valence-corrected chi connectivity index (χ2v) is 3.18. The topological polar surface area (TPSA) is 87.2 Å². The average Bonchev–Trinajstić information content (AvgIpc) is 2.60. The average molecular weight is 221 g/mol. The fourth-order valence-corrected chi connectivity index (χ4v) is 1.42. The van der Waals surface area contributed by atoms with E-state index in [0.29, 0.717) is 5.56 Å². The summed E-state index contributed by atoms with van der Waals surface area (Å²) in [6.45, 7) is -0.351. The number of nitrogens with zero attached hydrogens (tertiary/aromatic N) is 1. The van der Waals surface area contributed by atoms with Gasteiger partial charge in [-0.15, -0.1) is 0 Å². The van der Waals surface area contributed by atoms with E-state index in [0.717, 1.165) is 4.68 Å². The summed E-state index contributed by atoms with van der Waals surface area (Å²) < 4.78 is 5.72. The molecule has 6 heteroatoms. The maximum absolute atomic E-state index is 11.4. The molecular weight excluding hydrogens is 212 g/mol. The smallest absolute Gasteiger partial charge is 0.435 e. The number of carboxylic acid groups (broad SMARTS) is 1. The Morgan fingerprint density at radius 1 is 1.38 bits per heavy atom. The predicted octanol–water partition coefficient (Wildman–Crippen LogP) is 0.00700. The van der Waals surface area contributed by atoms with Crippen LogP contribution < -0.4 is 10.3 Å². The summed E-state index contributed by atoms with van der Waals surface area (Å²) in [5.41, 5.74) is 0.217. The molecule has 0 amide bonds. The Morgan fingerprint density at radius 2 is 2.06 bits per heavy atom. The van der Waals surface area contributed by atoms with E-state index in [9.17, 15) is 9.59 Å². The zero-order valence-corrected chi connectivity index (χ0v) is 8.21. The Morgan fingerprint density at radius 3 is 2.69 bits per heavy atom. The van der Waals surface area contributed by atoms with Crippen LogP contribution in [-0.2, 0) is 11.3 Å². The van der Waals surface area contributed by atoms with Crippen LogP contribution in [0, 0.1) is 0 Å². The van der Waals surface area contributed by atoms with Crippen molar-refractivity contribution in [2.45, 2.75) is 6.54 Å². The van der Waals surface area contributed by atoms with E-state index in [1.165, 1.54) is 0 Å². The molecule has 0 bridgehead atoms. The number of H-pyrrole nitrogens is 1. The van der Waals surface area contributed by atoms with E-state index in [1.807, 2.05) is 0 Å². The fraction of sp³-hybridized carbons (Fsp3) is 0.100. The summed E-state index contributed by atoms with van der Waals surface area (Å²) in [6.07, 6.45) is 0. The zero-order valence-electron chi connectivity index (χ0n) is 8.21. The molecule has 1 aromatic heterocycles. The lowest BCUT2D eigenvalue weighted by Gasteiger charge is -1.91. The van der Waals surface area contributed by atoms with Crippen LogP contribution in [0.3, 0.4) is 0 Å². The number of aromatic nitrogens is 2. The van der Waals surface area contributed by atoms with Gasteiger partial charge in [-0.05, 0) is 17.4 Å². The van der Waals surface area contributed by atoms with Gasteiger partial charge in [0, 0.05) is 0 Å². The molecule has 2 rings (SSSR count). The van der Waals surface area contributed by atoms with E-state index in [1.54, 1.807) is 30.3 Å². The first-order valence-corrected chi connectivity index (χ1v) is 4.57. The lowest BCUT2D eigenvalue weighted by Crippen LogP contribution is -2.42. The van der Waals surface area contributed by atoms with Gasteiger partial charge in [0.1, 0.15) is 0 Å². The van der Waals surface area contributed by atoms with Crippen LogP contribution in [0.25, 0.3) is 11.3 Å². The van der Waals surface area contributed by atoms with Crippen molar-refractivity contribution in [1.82, 2.24) is 5.27 Å². The molecule has 2 N–H and O–H groups in total. The summed E-state index contributed by atoms with van der Waals surface area (Å²) in [7, 11) is 0. The summed E-state index contributed by atoms with van der Waals surface area (Å²) in [5.74, 6) is -1.06. The lowest BCUT2D eigenvalue weighted by atomic mass is 10.2. The molecule has 0 radical (unpaired) electrons. The van der Waals surface area contributed by atoms with Crippen LogP contribution in [0.4, 0.5) is 0 Å². The van der Waals surface area contributed by atoms with Gasteiger partial charge in [0.05, 0.1) is 5.56 Å². The number of nitrogens with one attached hydrogen (secondary N) is 1. The zero-order chi connectivity index (χ0) is 11.5. The summed E-state index contributed by atoms with van der Waals surface area (Å²) in [4.78, 5) is 22.0. The SMILES string of the molecule is O=C(O)C[n+]1[nH]oc(=O)c1-c1ccccc1. The molecule has 1 aromatic carbocycles. The van der Waals surface area contributed by atoms with Crippen LogP contribution in [0.5, 0.6) is 0 Å². The molecule has 0 aliphatic heterocycles. The molecule has 0 fully saturated rings. The summed E-state index contributed by atoms with van der Waals surface area (Å²) >= 11 is 0. The maximum atomic E-state index is 11.4. The van der Waals surface area contributed by atoms with E-state index < -0.39 is 11.6 Å². The Hall–Kier alpha value is -2.37. The summed E-state index contributed by atoms with van der Waals surface area (Å²) in [5, 5.41) is 10.9. The van der Waals surface area contributed by atoms with Crippen LogP contribution in [-0.4, -0.2) is 16.3 Å². The van der Waals surface area contributed by atoms with Gasteiger partial charge < -0.3 is 5.11 Å². The Labute approximate surface area is 89.7 Å². The van der Waals surface area contributed by atoms with Gasteiger partial charge in [0.2, 0.25) is 0 Å². The van der Waals surface area contributed by atoms with Crippen molar-refractivity contribution in [3.05, 3.63) is 40.8 Å². The molecule has 0 saturated heterocycles. The number of carboxylic acids is 1. The second-order valence-electron chi connectivity index (χ2n) is 3.18. The quantitative estimate of drug-likeness (QED) is 0.714. The van der Waals surface area contributed by atoms with E-state index in [4.69, 9.17) is 5.11 Å². The number of hydrogen-bond acceptors (Lipinski definition) is 3. The molecule has 0 unspecified atom stereocenters. The van der Waals surface area contributed by atoms with Gasteiger partial charge in [-0.3, -0.25) is 4.52 Å². The highest BCUT2D eigenvalue weighted by Crippen LogP contribution is 2.09. The number of aromatic amines is 1. The monoisotopic (exact) mass is 221 g/mol. The molecule has 2 aromatic rings. The van der Waals surface area contributed by atoms with Crippen LogP contribution in [0.2, 0.25) is 0 Å². The second kappa shape index (κ2) is 4.01. The molecule has 0 atom stereocenters. The van der Waals surface area contributed by atoms with Crippen molar-refractivity contribution in [2.24, 2.45) is 0 Å². The predicted molar refractivity (Wildman–Crippen MR) is 52.6 cm³/mol. The fourth-order valence-electron chi connectivity index (χ4n) is 1.42. The molecule has 0 saturated carbocycles. The molecule has 1 heterocycles. The third kappa shape index (κ3) is 1.85. The molecule has 0 aliphatic rings.